The van der Waals surface area contributed by atoms with Crippen LogP contribution in [0.25, 0.3) is 10.9 Å². The van der Waals surface area contributed by atoms with Crippen LogP contribution in [0.1, 0.15) is 31.4 Å². The first-order valence-electron chi connectivity index (χ1n) is 6.11. The van der Waals surface area contributed by atoms with E-state index in [0.29, 0.717) is 0 Å². The summed E-state index contributed by atoms with van der Waals surface area (Å²) in [5.74, 6) is 0. The van der Waals surface area contributed by atoms with E-state index in [9.17, 15) is 0 Å². The topological polar surface area (TPSA) is 41.8 Å². The van der Waals surface area contributed by atoms with E-state index in [1.165, 1.54) is 42.3 Å². The van der Waals surface area contributed by atoms with Gasteiger partial charge in [0.2, 0.25) is 0 Å². The Bertz CT molecular complexity index is 526. The van der Waals surface area contributed by atoms with Gasteiger partial charge < -0.3 is 10.7 Å². The van der Waals surface area contributed by atoms with Crippen molar-refractivity contribution in [2.24, 2.45) is 5.73 Å². The average Bonchev–Trinajstić information content (AvgIpc) is 3.18. The lowest BCUT2D eigenvalue weighted by Crippen LogP contribution is -2.37. The van der Waals surface area contributed by atoms with Crippen LogP contribution in [0.3, 0.4) is 0 Å². The first kappa shape index (κ1) is 8.82. The van der Waals surface area contributed by atoms with Crippen molar-refractivity contribution in [3.8, 4) is 0 Å². The molecule has 1 aromatic heterocycles. The lowest BCUT2D eigenvalue weighted by Gasteiger charge is -2.21. The van der Waals surface area contributed by atoms with E-state index in [2.05, 4.69) is 35.3 Å². The van der Waals surface area contributed by atoms with Gasteiger partial charge in [0, 0.05) is 22.2 Å². The average molecular weight is 212 g/mol. The van der Waals surface area contributed by atoms with Crippen LogP contribution in [0.2, 0.25) is 0 Å². The minimum absolute atomic E-state index is 0.105. The van der Waals surface area contributed by atoms with Crippen molar-refractivity contribution >= 4 is 10.9 Å². The molecule has 2 saturated carbocycles. The quantitative estimate of drug-likeness (QED) is 0.789. The van der Waals surface area contributed by atoms with Crippen molar-refractivity contribution < 1.29 is 0 Å². The molecular weight excluding hydrogens is 196 g/mol. The van der Waals surface area contributed by atoms with Crippen LogP contribution in [0, 0.1) is 0 Å². The summed E-state index contributed by atoms with van der Waals surface area (Å²) >= 11 is 0. The fourth-order valence-corrected chi connectivity index (χ4v) is 3.10. The molecule has 0 amide bonds. The Morgan fingerprint density at radius 3 is 2.44 bits per heavy atom. The number of para-hydroxylation sites is 1. The maximum atomic E-state index is 6.42. The largest absolute Gasteiger partial charge is 0.358 e. The molecule has 2 heteroatoms. The lowest BCUT2D eigenvalue weighted by atomic mass is 9.91. The highest BCUT2D eigenvalue weighted by molar-refractivity contribution is 5.81. The van der Waals surface area contributed by atoms with Gasteiger partial charge in [0.15, 0.2) is 0 Å². The minimum Gasteiger partial charge on any atom is -0.358 e. The van der Waals surface area contributed by atoms with E-state index in [0.717, 1.165) is 0 Å². The van der Waals surface area contributed by atoms with E-state index in [4.69, 9.17) is 5.73 Å². The van der Waals surface area contributed by atoms with Gasteiger partial charge in [-0.15, -0.1) is 0 Å². The zero-order valence-corrected chi connectivity index (χ0v) is 9.29. The highest BCUT2D eigenvalue weighted by Crippen LogP contribution is 2.63. The standard InChI is InChI=1S/C14H16N2/c15-14(7-8-14)13(5-6-13)12-9-10-3-1-2-4-11(10)16-12/h1-4,9,16H,5-8,15H2. The van der Waals surface area contributed by atoms with Gasteiger partial charge in [0.05, 0.1) is 0 Å². The maximum Gasteiger partial charge on any atom is 0.0456 e. The summed E-state index contributed by atoms with van der Waals surface area (Å²) in [6, 6.07) is 10.8. The normalized spacial score (nSPS) is 24.6. The Morgan fingerprint density at radius 1 is 1.06 bits per heavy atom. The fourth-order valence-electron chi connectivity index (χ4n) is 3.10. The SMILES string of the molecule is NC1(C2(c3cc4ccccc4[nH]3)CC2)CC1. The number of aromatic amines is 1. The van der Waals surface area contributed by atoms with Crippen molar-refractivity contribution in [2.75, 3.05) is 0 Å². The van der Waals surface area contributed by atoms with Gasteiger partial charge in [0.25, 0.3) is 0 Å². The lowest BCUT2D eigenvalue weighted by molar-refractivity contribution is 0.494. The molecule has 0 radical (unpaired) electrons. The van der Waals surface area contributed by atoms with Crippen molar-refractivity contribution in [1.82, 2.24) is 4.98 Å². The molecule has 0 aliphatic heterocycles. The summed E-state index contributed by atoms with van der Waals surface area (Å²) in [6.45, 7) is 0. The molecule has 1 aromatic carbocycles. The smallest absolute Gasteiger partial charge is 0.0456 e. The van der Waals surface area contributed by atoms with Crippen LogP contribution < -0.4 is 5.73 Å². The zero-order chi connectivity index (χ0) is 10.8. The van der Waals surface area contributed by atoms with Gasteiger partial charge in [0.1, 0.15) is 0 Å². The van der Waals surface area contributed by atoms with Crippen LogP contribution in [0.15, 0.2) is 30.3 Å². The fraction of sp³-hybridized carbons (Fsp3) is 0.429. The molecule has 4 rings (SSSR count). The molecule has 0 unspecified atom stereocenters. The molecule has 2 aliphatic rings. The summed E-state index contributed by atoms with van der Waals surface area (Å²) in [5, 5.41) is 1.31. The first-order valence-corrected chi connectivity index (χ1v) is 6.11. The van der Waals surface area contributed by atoms with Crippen LogP contribution in [-0.4, -0.2) is 10.5 Å². The molecule has 2 fully saturated rings. The Balaban J connectivity index is 1.88. The Labute approximate surface area is 94.8 Å². The number of benzene rings is 1. The number of hydrogen-bond donors (Lipinski definition) is 2. The van der Waals surface area contributed by atoms with E-state index < -0.39 is 0 Å². The highest BCUT2D eigenvalue weighted by Gasteiger charge is 2.64. The van der Waals surface area contributed by atoms with Gasteiger partial charge in [-0.25, -0.2) is 0 Å². The van der Waals surface area contributed by atoms with Crippen molar-refractivity contribution in [3.63, 3.8) is 0 Å². The second-order valence-electron chi connectivity index (χ2n) is 5.51. The predicted octanol–water partition coefficient (Wildman–Crippen LogP) is 2.69. The monoisotopic (exact) mass is 212 g/mol. The van der Waals surface area contributed by atoms with Gasteiger partial charge in [-0.3, -0.25) is 0 Å². The number of nitrogens with two attached hydrogens (primary N) is 1. The molecule has 82 valence electrons. The Kier molecular flexibility index (Phi) is 1.39. The van der Waals surface area contributed by atoms with Crippen LogP contribution in [-0.2, 0) is 5.41 Å². The second-order valence-corrected chi connectivity index (χ2v) is 5.51. The van der Waals surface area contributed by atoms with E-state index in [1.807, 2.05) is 0 Å². The number of rotatable bonds is 2. The van der Waals surface area contributed by atoms with Gasteiger partial charge >= 0.3 is 0 Å². The van der Waals surface area contributed by atoms with Crippen molar-refractivity contribution in [3.05, 3.63) is 36.0 Å². The summed E-state index contributed by atoms with van der Waals surface area (Å²) in [5.41, 5.74) is 9.42. The Morgan fingerprint density at radius 2 is 1.81 bits per heavy atom. The van der Waals surface area contributed by atoms with Gasteiger partial charge in [-0.1, -0.05) is 18.2 Å². The van der Waals surface area contributed by atoms with Crippen LogP contribution in [0.5, 0.6) is 0 Å². The second kappa shape index (κ2) is 2.51. The summed E-state index contributed by atoms with van der Waals surface area (Å²) in [6.07, 6.45) is 4.91. The molecule has 0 atom stereocenters. The molecule has 0 spiro atoms. The van der Waals surface area contributed by atoms with Crippen molar-refractivity contribution in [2.45, 2.75) is 36.6 Å². The number of aromatic nitrogens is 1. The number of H-pyrrole nitrogens is 1. The number of hydrogen-bond acceptors (Lipinski definition) is 1. The van der Waals surface area contributed by atoms with Crippen molar-refractivity contribution in [1.29, 1.82) is 0 Å². The summed E-state index contributed by atoms with van der Waals surface area (Å²) in [4.78, 5) is 3.56. The maximum absolute atomic E-state index is 6.42. The number of fused-ring (bicyclic) bond motifs is 1. The Hall–Kier alpha value is -1.28. The predicted molar refractivity (Wildman–Crippen MR) is 65.4 cm³/mol. The van der Waals surface area contributed by atoms with E-state index in [-0.39, 0.29) is 11.0 Å². The zero-order valence-electron chi connectivity index (χ0n) is 9.29. The van der Waals surface area contributed by atoms with Gasteiger partial charge in [-0.2, -0.15) is 0 Å². The highest BCUT2D eigenvalue weighted by atomic mass is 14.9. The molecule has 2 aromatic rings. The first-order chi connectivity index (χ1) is 7.74. The molecule has 16 heavy (non-hydrogen) atoms. The third kappa shape index (κ3) is 0.957. The molecule has 1 heterocycles. The molecular formula is C14H16N2. The van der Waals surface area contributed by atoms with Gasteiger partial charge in [-0.05, 0) is 43.2 Å². The van der Waals surface area contributed by atoms with Crippen LogP contribution >= 0.6 is 0 Å². The third-order valence-electron chi connectivity index (χ3n) is 4.54. The summed E-state index contributed by atoms with van der Waals surface area (Å²) in [7, 11) is 0. The third-order valence-corrected chi connectivity index (χ3v) is 4.54. The number of nitrogens with one attached hydrogen (secondary N) is 1. The molecule has 3 N–H and O–H groups in total. The van der Waals surface area contributed by atoms with Crippen LogP contribution in [0.4, 0.5) is 0 Å². The molecule has 0 saturated heterocycles. The molecule has 2 aliphatic carbocycles. The molecule has 0 bridgehead atoms. The minimum atomic E-state index is 0.105. The van der Waals surface area contributed by atoms with E-state index in [1.54, 1.807) is 0 Å². The summed E-state index contributed by atoms with van der Waals surface area (Å²) < 4.78 is 0. The molecule has 2 nitrogen and oxygen atoms in total. The van der Waals surface area contributed by atoms with E-state index >= 15 is 0 Å².